The Labute approximate surface area is 79.9 Å². The van der Waals surface area contributed by atoms with Gasteiger partial charge in [-0.05, 0) is 19.3 Å². The van der Waals surface area contributed by atoms with Crippen molar-refractivity contribution in [2.45, 2.75) is 51.5 Å². The number of rotatable bonds is 3. The predicted octanol–water partition coefficient (Wildman–Crippen LogP) is 2.20. The Hall–Kier alpha value is -1.04. The van der Waals surface area contributed by atoms with Crippen molar-refractivity contribution in [2.75, 3.05) is 0 Å². The molecule has 0 aliphatic carbocycles. The van der Waals surface area contributed by atoms with Crippen LogP contribution in [0.25, 0.3) is 0 Å². The fourth-order valence-corrected chi connectivity index (χ4v) is 1.66. The van der Waals surface area contributed by atoms with Crippen LogP contribution in [-0.2, 0) is 0 Å². The average molecular weight is 179 g/mol. The van der Waals surface area contributed by atoms with E-state index in [0.717, 1.165) is 12.3 Å². The molecule has 1 rings (SSSR count). The van der Waals surface area contributed by atoms with Gasteiger partial charge >= 0.3 is 0 Å². The second-order valence-corrected chi connectivity index (χ2v) is 3.50. The summed E-state index contributed by atoms with van der Waals surface area (Å²) in [6.07, 6.45) is 8.88. The van der Waals surface area contributed by atoms with Crippen molar-refractivity contribution in [2.24, 2.45) is 4.99 Å². The molecule has 1 heterocycles. The number of nitrogens with one attached hydrogen (secondary N) is 1. The largest absolute Gasteiger partial charge is 0.281 e. The van der Waals surface area contributed by atoms with E-state index in [1.54, 1.807) is 0 Å². The van der Waals surface area contributed by atoms with E-state index in [1.807, 2.05) is 6.19 Å². The lowest BCUT2D eigenvalue weighted by Crippen LogP contribution is -2.25. The van der Waals surface area contributed by atoms with Gasteiger partial charge in [0, 0.05) is 6.42 Å². The number of unbranched alkanes of at least 4 members (excludes halogenated alkanes) is 1. The summed E-state index contributed by atoms with van der Waals surface area (Å²) in [4.78, 5) is 4.49. The second-order valence-electron chi connectivity index (χ2n) is 3.50. The lowest BCUT2D eigenvalue weighted by Gasteiger charge is -2.18. The first-order chi connectivity index (χ1) is 6.36. The van der Waals surface area contributed by atoms with E-state index in [0.29, 0.717) is 6.04 Å². The van der Waals surface area contributed by atoms with Gasteiger partial charge in [-0.3, -0.25) is 10.3 Å². The first-order valence-electron chi connectivity index (χ1n) is 5.08. The number of hydrogen-bond acceptors (Lipinski definition) is 3. The molecule has 13 heavy (non-hydrogen) atoms. The zero-order valence-electron chi connectivity index (χ0n) is 8.21. The molecule has 0 saturated heterocycles. The van der Waals surface area contributed by atoms with Gasteiger partial charge in [-0.1, -0.05) is 19.8 Å². The molecule has 3 nitrogen and oxygen atoms in total. The molecule has 1 unspecified atom stereocenters. The van der Waals surface area contributed by atoms with Crippen LogP contribution in [0.15, 0.2) is 4.99 Å². The average Bonchev–Trinajstić information content (AvgIpc) is 2.16. The smallest absolute Gasteiger partial charge is 0.182 e. The van der Waals surface area contributed by atoms with E-state index < -0.39 is 0 Å². The van der Waals surface area contributed by atoms with Gasteiger partial charge < -0.3 is 0 Å². The van der Waals surface area contributed by atoms with Gasteiger partial charge in [-0.2, -0.15) is 5.26 Å². The van der Waals surface area contributed by atoms with Crippen LogP contribution in [0.2, 0.25) is 0 Å². The maximum Gasteiger partial charge on any atom is 0.182 e. The third-order valence-electron chi connectivity index (χ3n) is 2.38. The van der Waals surface area contributed by atoms with Crippen molar-refractivity contribution in [1.82, 2.24) is 5.32 Å². The van der Waals surface area contributed by atoms with Gasteiger partial charge in [0.25, 0.3) is 0 Å². The van der Waals surface area contributed by atoms with Gasteiger partial charge in [0.05, 0.1) is 6.04 Å². The Kier molecular flexibility index (Phi) is 4.31. The van der Waals surface area contributed by atoms with Crippen molar-refractivity contribution in [3.8, 4) is 6.19 Å². The molecule has 72 valence electrons. The van der Waals surface area contributed by atoms with Gasteiger partial charge in [0.15, 0.2) is 6.19 Å². The third kappa shape index (κ3) is 3.45. The maximum absolute atomic E-state index is 8.44. The molecular weight excluding hydrogens is 162 g/mol. The van der Waals surface area contributed by atoms with Crippen LogP contribution in [0.1, 0.15) is 45.4 Å². The first-order valence-corrected chi connectivity index (χ1v) is 5.08. The molecule has 1 atom stereocenters. The SMILES string of the molecule is CCCCC1CCCC(NC#N)=N1. The van der Waals surface area contributed by atoms with Gasteiger partial charge in [-0.15, -0.1) is 0 Å². The maximum atomic E-state index is 8.44. The minimum absolute atomic E-state index is 0.463. The summed E-state index contributed by atoms with van der Waals surface area (Å²) in [7, 11) is 0. The predicted molar refractivity (Wildman–Crippen MR) is 53.3 cm³/mol. The Morgan fingerprint density at radius 3 is 3.23 bits per heavy atom. The molecule has 0 aromatic carbocycles. The number of amidine groups is 1. The Balaban J connectivity index is 2.39. The standard InChI is InChI=1S/C10H17N3/c1-2-3-5-9-6-4-7-10(13-9)12-8-11/h9H,2-7H2,1H3,(H,12,13). The first kappa shape index (κ1) is 10.0. The molecule has 0 spiro atoms. The molecule has 0 fully saturated rings. The molecule has 0 aromatic rings. The molecule has 0 radical (unpaired) electrons. The van der Waals surface area contributed by atoms with Crippen molar-refractivity contribution >= 4 is 5.84 Å². The summed E-state index contributed by atoms with van der Waals surface area (Å²) in [6, 6.07) is 0.463. The molecule has 3 heteroatoms. The monoisotopic (exact) mass is 179 g/mol. The number of aliphatic imine (C=N–C) groups is 1. The zero-order chi connectivity index (χ0) is 9.52. The molecule has 1 aliphatic rings. The van der Waals surface area contributed by atoms with Gasteiger partial charge in [-0.25, -0.2) is 0 Å². The van der Waals surface area contributed by atoms with E-state index in [9.17, 15) is 0 Å². The third-order valence-corrected chi connectivity index (χ3v) is 2.38. The van der Waals surface area contributed by atoms with E-state index in [-0.39, 0.29) is 0 Å². The highest BCUT2D eigenvalue weighted by atomic mass is 15.0. The fourth-order valence-electron chi connectivity index (χ4n) is 1.66. The Morgan fingerprint density at radius 1 is 1.69 bits per heavy atom. The molecule has 1 aliphatic heterocycles. The number of nitrogens with zero attached hydrogens (tertiary/aromatic N) is 2. The van der Waals surface area contributed by atoms with E-state index in [1.165, 1.54) is 32.1 Å². The summed E-state index contributed by atoms with van der Waals surface area (Å²) in [6.45, 7) is 2.20. The van der Waals surface area contributed by atoms with Gasteiger partial charge in [0.2, 0.25) is 0 Å². The van der Waals surface area contributed by atoms with E-state index in [4.69, 9.17) is 5.26 Å². The van der Waals surface area contributed by atoms with Crippen LogP contribution in [0, 0.1) is 11.5 Å². The van der Waals surface area contributed by atoms with E-state index in [2.05, 4.69) is 17.2 Å². The van der Waals surface area contributed by atoms with Crippen LogP contribution in [0.3, 0.4) is 0 Å². The lowest BCUT2D eigenvalue weighted by molar-refractivity contribution is 0.509. The normalized spacial score (nSPS) is 21.8. The Bertz CT molecular complexity index is 215. The summed E-state index contributed by atoms with van der Waals surface area (Å²) < 4.78 is 0. The summed E-state index contributed by atoms with van der Waals surface area (Å²) >= 11 is 0. The van der Waals surface area contributed by atoms with Crippen LogP contribution >= 0.6 is 0 Å². The van der Waals surface area contributed by atoms with Crippen LogP contribution in [0.4, 0.5) is 0 Å². The quantitative estimate of drug-likeness (QED) is 0.533. The summed E-state index contributed by atoms with van der Waals surface area (Å²) in [5.41, 5.74) is 0. The minimum atomic E-state index is 0.463. The molecule has 1 N–H and O–H groups in total. The minimum Gasteiger partial charge on any atom is -0.281 e. The fraction of sp³-hybridized carbons (Fsp3) is 0.800. The van der Waals surface area contributed by atoms with Crippen molar-refractivity contribution in [3.63, 3.8) is 0 Å². The highest BCUT2D eigenvalue weighted by Crippen LogP contribution is 2.17. The second kappa shape index (κ2) is 5.58. The molecule has 0 bridgehead atoms. The summed E-state index contributed by atoms with van der Waals surface area (Å²) in [5.74, 6) is 0.884. The molecule has 0 amide bonds. The van der Waals surface area contributed by atoms with Crippen LogP contribution < -0.4 is 5.32 Å². The number of hydrogen-bond donors (Lipinski definition) is 1. The summed E-state index contributed by atoms with van der Waals surface area (Å²) in [5, 5.41) is 11.1. The van der Waals surface area contributed by atoms with E-state index >= 15 is 0 Å². The van der Waals surface area contributed by atoms with Gasteiger partial charge in [0.1, 0.15) is 5.84 Å². The van der Waals surface area contributed by atoms with Crippen molar-refractivity contribution in [3.05, 3.63) is 0 Å². The zero-order valence-corrected chi connectivity index (χ0v) is 8.21. The molecule has 0 saturated carbocycles. The van der Waals surface area contributed by atoms with Crippen molar-refractivity contribution in [1.29, 1.82) is 5.26 Å². The van der Waals surface area contributed by atoms with Crippen LogP contribution in [0.5, 0.6) is 0 Å². The molecule has 0 aromatic heterocycles. The topological polar surface area (TPSA) is 48.2 Å². The highest BCUT2D eigenvalue weighted by Gasteiger charge is 2.13. The van der Waals surface area contributed by atoms with Crippen molar-refractivity contribution < 1.29 is 0 Å². The number of nitriles is 1. The van der Waals surface area contributed by atoms with Crippen LogP contribution in [-0.4, -0.2) is 11.9 Å². The lowest BCUT2D eigenvalue weighted by atomic mass is 10.0. The highest BCUT2D eigenvalue weighted by molar-refractivity contribution is 5.84. The molecular formula is C10H17N3. The Morgan fingerprint density at radius 2 is 2.54 bits per heavy atom.